The van der Waals surface area contributed by atoms with Gasteiger partial charge in [0.15, 0.2) is 5.75 Å². The summed E-state index contributed by atoms with van der Waals surface area (Å²) < 4.78 is 10.5. The second-order valence-electron chi connectivity index (χ2n) is 5.19. The highest BCUT2D eigenvalue weighted by molar-refractivity contribution is 6.37. The summed E-state index contributed by atoms with van der Waals surface area (Å²) >= 11 is 12.4. The van der Waals surface area contributed by atoms with Crippen molar-refractivity contribution < 1.29 is 14.3 Å². The topological polar surface area (TPSA) is 35.5 Å². The van der Waals surface area contributed by atoms with Crippen LogP contribution >= 0.6 is 23.2 Å². The lowest BCUT2D eigenvalue weighted by Crippen LogP contribution is -2.03. The third-order valence-electron chi connectivity index (χ3n) is 3.67. The standard InChI is InChI=1S/C19H14Cl2O3/c1-23-19(22)14-9-16(20)18(17(21)10-14)24-11-13-7-4-6-12-5-2-3-8-15(12)13/h2-10H,11H2,1H3. The Morgan fingerprint density at radius 2 is 1.67 bits per heavy atom. The van der Waals surface area contributed by atoms with Crippen molar-refractivity contribution >= 4 is 39.9 Å². The molecule has 0 saturated carbocycles. The first-order chi connectivity index (χ1) is 11.6. The van der Waals surface area contributed by atoms with E-state index in [1.165, 1.54) is 19.2 Å². The molecule has 0 radical (unpaired) electrons. The third kappa shape index (κ3) is 3.32. The lowest BCUT2D eigenvalue weighted by Gasteiger charge is -2.12. The second kappa shape index (κ2) is 7.12. The van der Waals surface area contributed by atoms with Gasteiger partial charge in [0.2, 0.25) is 0 Å². The molecule has 3 nitrogen and oxygen atoms in total. The molecule has 0 amide bonds. The quantitative estimate of drug-likeness (QED) is 0.575. The van der Waals surface area contributed by atoms with E-state index in [-0.39, 0.29) is 15.6 Å². The highest BCUT2D eigenvalue weighted by atomic mass is 35.5. The fourth-order valence-electron chi connectivity index (χ4n) is 2.50. The number of benzene rings is 3. The molecule has 3 aromatic carbocycles. The summed E-state index contributed by atoms with van der Waals surface area (Å²) in [4.78, 5) is 11.6. The summed E-state index contributed by atoms with van der Waals surface area (Å²) in [5.41, 5.74) is 1.31. The number of hydrogen-bond acceptors (Lipinski definition) is 3. The van der Waals surface area contributed by atoms with E-state index in [9.17, 15) is 4.79 Å². The predicted octanol–water partition coefficient (Wildman–Crippen LogP) is 5.51. The molecule has 0 spiro atoms. The SMILES string of the molecule is COC(=O)c1cc(Cl)c(OCc2cccc3ccccc23)c(Cl)c1. The van der Waals surface area contributed by atoms with Crippen molar-refractivity contribution in [1.82, 2.24) is 0 Å². The summed E-state index contributed by atoms with van der Waals surface area (Å²) in [5.74, 6) is -0.154. The van der Waals surface area contributed by atoms with Crippen LogP contribution in [-0.2, 0) is 11.3 Å². The number of hydrogen-bond donors (Lipinski definition) is 0. The Kier molecular flexibility index (Phi) is 4.93. The van der Waals surface area contributed by atoms with Crippen LogP contribution in [0.15, 0.2) is 54.6 Å². The first-order valence-electron chi connectivity index (χ1n) is 7.27. The fraction of sp³-hybridized carbons (Fsp3) is 0.105. The van der Waals surface area contributed by atoms with E-state index in [0.29, 0.717) is 12.4 Å². The molecule has 0 atom stereocenters. The van der Waals surface area contributed by atoms with E-state index >= 15 is 0 Å². The predicted molar refractivity (Wildman–Crippen MR) is 96.1 cm³/mol. The lowest BCUT2D eigenvalue weighted by molar-refractivity contribution is 0.0600. The summed E-state index contributed by atoms with van der Waals surface area (Å²) in [6, 6.07) is 17.0. The highest BCUT2D eigenvalue weighted by Gasteiger charge is 2.15. The van der Waals surface area contributed by atoms with Gasteiger partial charge in [0.05, 0.1) is 22.7 Å². The molecule has 0 aliphatic carbocycles. The maximum atomic E-state index is 11.6. The monoisotopic (exact) mass is 360 g/mol. The average molecular weight is 361 g/mol. The molecule has 0 heterocycles. The molecule has 24 heavy (non-hydrogen) atoms. The first-order valence-corrected chi connectivity index (χ1v) is 8.02. The Morgan fingerprint density at radius 3 is 2.38 bits per heavy atom. The zero-order chi connectivity index (χ0) is 17.1. The van der Waals surface area contributed by atoms with Crippen molar-refractivity contribution in [3.63, 3.8) is 0 Å². The molecule has 3 rings (SSSR count). The molecule has 0 aromatic heterocycles. The molecule has 0 N–H and O–H groups in total. The summed E-state index contributed by atoms with van der Waals surface area (Å²) in [6.45, 7) is 0.318. The van der Waals surface area contributed by atoms with Gasteiger partial charge in [-0.25, -0.2) is 4.79 Å². The van der Waals surface area contributed by atoms with Gasteiger partial charge in [-0.3, -0.25) is 0 Å². The van der Waals surface area contributed by atoms with Crippen molar-refractivity contribution in [3.8, 4) is 5.75 Å². The van der Waals surface area contributed by atoms with Crippen molar-refractivity contribution in [2.45, 2.75) is 6.61 Å². The molecular formula is C19H14Cl2O3. The smallest absolute Gasteiger partial charge is 0.337 e. The van der Waals surface area contributed by atoms with Gasteiger partial charge in [0.25, 0.3) is 0 Å². The van der Waals surface area contributed by atoms with Crippen LogP contribution in [0.25, 0.3) is 10.8 Å². The minimum absolute atomic E-state index is 0.267. The Labute approximate surface area is 149 Å². The molecular weight excluding hydrogens is 347 g/mol. The molecule has 0 aliphatic heterocycles. The Morgan fingerprint density at radius 1 is 1.00 bits per heavy atom. The van der Waals surface area contributed by atoms with Gasteiger partial charge in [-0.05, 0) is 28.5 Å². The minimum Gasteiger partial charge on any atom is -0.486 e. The van der Waals surface area contributed by atoms with E-state index in [1.54, 1.807) is 0 Å². The summed E-state index contributed by atoms with van der Waals surface area (Å²) in [6.07, 6.45) is 0. The van der Waals surface area contributed by atoms with Gasteiger partial charge in [0.1, 0.15) is 6.61 Å². The van der Waals surface area contributed by atoms with Crippen molar-refractivity contribution in [2.24, 2.45) is 0 Å². The van der Waals surface area contributed by atoms with Crippen LogP contribution in [0.5, 0.6) is 5.75 Å². The third-order valence-corrected chi connectivity index (χ3v) is 4.23. The Balaban J connectivity index is 1.88. The van der Waals surface area contributed by atoms with Crippen LogP contribution in [0.3, 0.4) is 0 Å². The minimum atomic E-state index is -0.501. The normalized spacial score (nSPS) is 10.6. The molecule has 5 heteroatoms. The van der Waals surface area contributed by atoms with Crippen LogP contribution in [0.1, 0.15) is 15.9 Å². The number of halogens is 2. The molecule has 0 fully saturated rings. The van der Waals surface area contributed by atoms with Crippen LogP contribution in [-0.4, -0.2) is 13.1 Å². The Hall–Kier alpha value is -2.23. The van der Waals surface area contributed by atoms with Gasteiger partial charge in [-0.1, -0.05) is 65.7 Å². The van der Waals surface area contributed by atoms with Crippen LogP contribution in [0.4, 0.5) is 0 Å². The van der Waals surface area contributed by atoms with Gasteiger partial charge in [-0.15, -0.1) is 0 Å². The summed E-state index contributed by atoms with van der Waals surface area (Å²) in [5, 5.41) is 2.78. The second-order valence-corrected chi connectivity index (χ2v) is 6.00. The van der Waals surface area contributed by atoms with Gasteiger partial charge in [0, 0.05) is 0 Å². The van der Waals surface area contributed by atoms with Crippen molar-refractivity contribution in [2.75, 3.05) is 7.11 Å². The number of rotatable bonds is 4. The largest absolute Gasteiger partial charge is 0.486 e. The molecule has 0 bridgehead atoms. The molecule has 0 aliphatic rings. The summed E-state index contributed by atoms with van der Waals surface area (Å²) in [7, 11) is 1.30. The highest BCUT2D eigenvalue weighted by Crippen LogP contribution is 2.35. The Bertz CT molecular complexity index is 878. The number of carbonyl (C=O) groups excluding carboxylic acids is 1. The molecule has 0 saturated heterocycles. The number of carbonyl (C=O) groups is 1. The number of fused-ring (bicyclic) bond motifs is 1. The zero-order valence-corrected chi connectivity index (χ0v) is 14.4. The fourth-order valence-corrected chi connectivity index (χ4v) is 3.10. The van der Waals surface area contributed by atoms with Crippen molar-refractivity contribution in [1.29, 1.82) is 0 Å². The molecule has 122 valence electrons. The molecule has 0 unspecified atom stereocenters. The number of ether oxygens (including phenoxy) is 2. The van der Waals surface area contributed by atoms with E-state index in [1.807, 2.05) is 42.5 Å². The van der Waals surface area contributed by atoms with Gasteiger partial charge in [-0.2, -0.15) is 0 Å². The van der Waals surface area contributed by atoms with E-state index in [0.717, 1.165) is 16.3 Å². The van der Waals surface area contributed by atoms with E-state index in [4.69, 9.17) is 27.9 Å². The number of esters is 1. The van der Waals surface area contributed by atoms with Crippen LogP contribution < -0.4 is 4.74 Å². The zero-order valence-electron chi connectivity index (χ0n) is 12.9. The van der Waals surface area contributed by atoms with Gasteiger partial charge < -0.3 is 9.47 Å². The number of methoxy groups -OCH3 is 1. The maximum absolute atomic E-state index is 11.6. The molecule has 3 aromatic rings. The van der Waals surface area contributed by atoms with Gasteiger partial charge >= 0.3 is 5.97 Å². The van der Waals surface area contributed by atoms with E-state index < -0.39 is 5.97 Å². The maximum Gasteiger partial charge on any atom is 0.337 e. The van der Waals surface area contributed by atoms with Crippen LogP contribution in [0.2, 0.25) is 10.0 Å². The van der Waals surface area contributed by atoms with Crippen molar-refractivity contribution in [3.05, 3.63) is 75.8 Å². The first kappa shape index (κ1) is 16.6. The van der Waals surface area contributed by atoms with Crippen LogP contribution in [0, 0.1) is 0 Å². The lowest BCUT2D eigenvalue weighted by atomic mass is 10.1. The van der Waals surface area contributed by atoms with E-state index in [2.05, 4.69) is 4.74 Å². The average Bonchev–Trinajstić information content (AvgIpc) is 2.60.